The van der Waals surface area contributed by atoms with Gasteiger partial charge >= 0.3 is 0 Å². The molecule has 0 nitrogen and oxygen atoms in total. The molecule has 0 unspecified atom stereocenters. The molecule has 0 aliphatic heterocycles. The largest absolute Gasteiger partial charge is 0.174 e. The van der Waals surface area contributed by atoms with Gasteiger partial charge in [0.1, 0.15) is 0 Å². The van der Waals surface area contributed by atoms with Crippen molar-refractivity contribution in [3.63, 3.8) is 0 Å². The van der Waals surface area contributed by atoms with Crippen molar-refractivity contribution in [1.82, 2.24) is 0 Å². The average Bonchev–Trinajstić information content (AvgIpc) is 3.16. The van der Waals surface area contributed by atoms with Crippen molar-refractivity contribution in [3.05, 3.63) is 34.9 Å². The average molecular weight is 801 g/mol. The Morgan fingerprint density at radius 3 is 0.917 bits per heavy atom. The number of halogens is 1. The maximum absolute atomic E-state index is 7.41. The van der Waals surface area contributed by atoms with Crippen LogP contribution < -0.4 is 0 Å². The third-order valence-electron chi connectivity index (χ3n) is 15.6. The zero-order valence-corrected chi connectivity index (χ0v) is 35.2. The topological polar surface area (TPSA) is 0 Å². The maximum Gasteiger partial charge on any atom is 0.174 e. The van der Waals surface area contributed by atoms with Crippen LogP contribution in [0.2, 0.25) is 5.02 Å². The van der Waals surface area contributed by atoms with Crippen LogP contribution in [0, 0.1) is 0 Å². The van der Waals surface area contributed by atoms with Gasteiger partial charge in [-0.2, -0.15) is 0 Å². The first-order chi connectivity index (χ1) is 23.3. The van der Waals surface area contributed by atoms with E-state index < -0.39 is 14.5 Å². The molecule has 272 valence electrons. The summed E-state index contributed by atoms with van der Waals surface area (Å²) in [5, 5.41) is 2.17. The van der Waals surface area contributed by atoms with Gasteiger partial charge in [-0.25, -0.2) is 0 Å². The monoisotopic (exact) mass is 800 g/mol. The van der Waals surface area contributed by atoms with Gasteiger partial charge in [-0.1, -0.05) is 68.3 Å². The smallest absolute Gasteiger partial charge is 0.0840 e. The maximum atomic E-state index is 7.41. The first kappa shape index (κ1) is 38.7. The van der Waals surface area contributed by atoms with Crippen LogP contribution in [0.5, 0.6) is 0 Å². The molecule has 0 radical (unpaired) electrons. The van der Waals surface area contributed by atoms with Gasteiger partial charge in [-0.05, 0) is 166 Å². The normalized spacial score (nSPS) is 26.0. The molecule has 48 heavy (non-hydrogen) atoms. The second-order valence-electron chi connectivity index (χ2n) is 17.8. The molecule has 0 bridgehead atoms. The summed E-state index contributed by atoms with van der Waals surface area (Å²) in [4.78, 5) is 0. The molecular formula is C44H73ClP2Ru+2. The van der Waals surface area contributed by atoms with E-state index in [0.717, 1.165) is 44.4 Å². The van der Waals surface area contributed by atoms with Crippen molar-refractivity contribution in [2.75, 3.05) is 0 Å². The summed E-state index contributed by atoms with van der Waals surface area (Å²) in [7, 11) is -2.70. The zero-order chi connectivity index (χ0) is 31.9. The van der Waals surface area contributed by atoms with Gasteiger partial charge in [0, 0.05) is 30.9 Å². The van der Waals surface area contributed by atoms with Crippen LogP contribution in [0.25, 0.3) is 0 Å². The van der Waals surface area contributed by atoms with Gasteiger partial charge in [-0.3, -0.25) is 0 Å². The van der Waals surface area contributed by atoms with Gasteiger partial charge in [0.05, 0.1) is 48.5 Å². The van der Waals surface area contributed by atoms with E-state index in [9.17, 15) is 0 Å². The van der Waals surface area contributed by atoms with Gasteiger partial charge in [0.15, 0.2) is 5.40 Å². The van der Waals surface area contributed by atoms with Gasteiger partial charge in [0.25, 0.3) is 0 Å². The van der Waals surface area contributed by atoms with Crippen molar-refractivity contribution in [1.29, 1.82) is 0 Å². The Bertz CT molecular complexity index is 918. The van der Waals surface area contributed by atoms with Crippen LogP contribution in [0.4, 0.5) is 0 Å². The van der Waals surface area contributed by atoms with Crippen LogP contribution in [0.3, 0.4) is 0 Å². The Kier molecular flexibility index (Phi) is 15.2. The van der Waals surface area contributed by atoms with Crippen LogP contribution in [0.15, 0.2) is 24.3 Å². The Labute approximate surface area is 317 Å². The number of hydrogen-bond acceptors (Lipinski definition) is 0. The Morgan fingerprint density at radius 2 is 0.667 bits per heavy atom. The van der Waals surface area contributed by atoms with E-state index in [0.29, 0.717) is 0 Å². The van der Waals surface area contributed by atoms with Crippen LogP contribution in [0.1, 0.15) is 198 Å². The van der Waals surface area contributed by atoms with Crippen LogP contribution >= 0.6 is 26.1 Å². The van der Waals surface area contributed by atoms with E-state index >= 15 is 0 Å². The Morgan fingerprint density at radius 1 is 0.417 bits per heavy atom. The third kappa shape index (κ3) is 7.93. The van der Waals surface area contributed by atoms with E-state index in [1.165, 1.54) is 44.9 Å². The molecule has 6 aliphatic rings. The summed E-state index contributed by atoms with van der Waals surface area (Å²) >= 11 is 7.41. The molecule has 6 saturated carbocycles. The summed E-state index contributed by atoms with van der Waals surface area (Å²) in [6, 6.07) is 9.45. The first-order valence-electron chi connectivity index (χ1n) is 21.7. The Hall–Kier alpha value is 0.993. The summed E-state index contributed by atoms with van der Waals surface area (Å²) in [6.45, 7) is 0. The molecule has 0 atom stereocenters. The quantitative estimate of drug-likeness (QED) is 0.163. The fourth-order valence-corrected chi connectivity index (χ4v) is 35.4. The van der Waals surface area contributed by atoms with Crippen molar-refractivity contribution in [2.24, 2.45) is 0 Å². The summed E-state index contributed by atoms with van der Waals surface area (Å²) < 4.78 is 0. The minimum absolute atomic E-state index is 0. The molecule has 0 amide bonds. The molecule has 0 saturated heterocycles. The first-order valence-corrected chi connectivity index (χ1v) is 26.3. The van der Waals surface area contributed by atoms with Gasteiger partial charge in [-0.15, -0.1) is 0 Å². The van der Waals surface area contributed by atoms with Gasteiger partial charge < -0.3 is 0 Å². The molecule has 6 aliphatic carbocycles. The molecule has 0 heterocycles. The van der Waals surface area contributed by atoms with E-state index in [4.69, 9.17) is 11.6 Å². The molecule has 7 rings (SSSR count). The molecule has 4 heteroatoms. The number of hydrogen-bond donors (Lipinski definition) is 0. The fourth-order valence-electron chi connectivity index (χ4n) is 13.9. The fraction of sp³-hybridized carbons (Fsp3) is 0.864. The summed E-state index contributed by atoms with van der Waals surface area (Å²) in [5.74, 6) is 0. The Balaban J connectivity index is 0.00000401. The molecule has 0 N–H and O–H groups in total. The minimum Gasteiger partial charge on any atom is -0.0840 e. The molecule has 0 spiro atoms. The van der Waals surface area contributed by atoms with Crippen molar-refractivity contribution < 1.29 is 19.5 Å². The molecule has 6 fully saturated rings. The van der Waals surface area contributed by atoms with E-state index in [1.807, 2.05) is 0 Å². The minimum atomic E-state index is -1.35. The van der Waals surface area contributed by atoms with E-state index in [1.54, 1.807) is 160 Å². The van der Waals surface area contributed by atoms with Crippen molar-refractivity contribution in [2.45, 2.75) is 238 Å². The number of benzene rings is 1. The van der Waals surface area contributed by atoms with Crippen molar-refractivity contribution >= 4 is 26.1 Å². The van der Waals surface area contributed by atoms with E-state index in [-0.39, 0.29) is 19.5 Å². The standard InChI is InChI=1S/C44H73ClP2.Ru/c45-43-34-20-19-21-36(43)35-44(46(37-22-7-1-8-23-37,38-24-9-2-10-25-38)39-26-11-3-12-27-39)47(40-28-13-4-14-29-40,41-30-15-5-16-31-41)42-32-17-6-18-33-42;/h19-21,34,37-42,44H,1-18,22-33,35H2;/q+2;. The van der Waals surface area contributed by atoms with E-state index in [2.05, 4.69) is 24.3 Å². The third-order valence-corrected chi connectivity index (χ3v) is 31.5. The summed E-state index contributed by atoms with van der Waals surface area (Å²) in [5.41, 5.74) is 8.12. The number of rotatable bonds is 10. The molecule has 0 aromatic heterocycles. The predicted molar refractivity (Wildman–Crippen MR) is 214 cm³/mol. The second-order valence-corrected chi connectivity index (χ2v) is 27.8. The van der Waals surface area contributed by atoms with Gasteiger partial charge in [0.2, 0.25) is 0 Å². The SMILES string of the molecule is Clc1ccccc1CC([P+](C1CCCCC1)(C1CCCCC1)C1CCCCC1)[P+](C1CCCCC1)(C1CCCCC1)C1CCCCC1.[Ru]. The second kappa shape index (κ2) is 18.8. The van der Waals surface area contributed by atoms with Crippen molar-refractivity contribution in [3.8, 4) is 0 Å². The predicted octanol–water partition coefficient (Wildman–Crippen LogP) is 15.2. The summed E-state index contributed by atoms with van der Waals surface area (Å²) in [6.07, 6.45) is 48.4. The van der Waals surface area contributed by atoms with Crippen LogP contribution in [-0.2, 0) is 25.9 Å². The van der Waals surface area contributed by atoms with Crippen LogP contribution in [-0.4, -0.2) is 39.4 Å². The molecule has 1 aromatic carbocycles. The molecule has 1 aromatic rings. The zero-order valence-electron chi connectivity index (χ0n) is 30.9. The molecular weight excluding hydrogens is 727 g/mol.